The highest BCUT2D eigenvalue weighted by Crippen LogP contribution is 2.38. The highest BCUT2D eigenvalue weighted by atomic mass is 79.9. The molecule has 0 bridgehead atoms. The average molecular weight is 263 g/mol. The Balaban J connectivity index is 2.42. The van der Waals surface area contributed by atoms with Crippen molar-refractivity contribution in [3.05, 3.63) is 39.4 Å². The maximum absolute atomic E-state index is 12.4. The lowest BCUT2D eigenvalue weighted by Gasteiger charge is -2.06. The molecule has 0 atom stereocenters. The van der Waals surface area contributed by atoms with E-state index in [0.717, 1.165) is 10.0 Å². The molecule has 0 unspecified atom stereocenters. The van der Waals surface area contributed by atoms with E-state index in [1.54, 1.807) is 18.2 Å². The largest absolute Gasteiger partial charge is 0.413 e. The van der Waals surface area contributed by atoms with Crippen molar-refractivity contribution in [3.8, 4) is 0 Å². The van der Waals surface area contributed by atoms with Crippen LogP contribution in [0.2, 0.25) is 0 Å². The molecule has 0 amide bonds. The lowest BCUT2D eigenvalue weighted by atomic mass is 10.1. The van der Waals surface area contributed by atoms with Gasteiger partial charge in [-0.2, -0.15) is 13.2 Å². The molecule has 0 fully saturated rings. The highest BCUT2D eigenvalue weighted by Gasteiger charge is 2.36. The molecule has 0 aromatic heterocycles. The summed E-state index contributed by atoms with van der Waals surface area (Å²) in [5, 5.41) is 0. The van der Waals surface area contributed by atoms with E-state index in [1.807, 2.05) is 0 Å². The summed E-state index contributed by atoms with van der Waals surface area (Å²) < 4.78 is 37.9. The van der Waals surface area contributed by atoms with Crippen molar-refractivity contribution in [2.75, 3.05) is 0 Å². The summed E-state index contributed by atoms with van der Waals surface area (Å²) in [6, 6.07) is 5.18. The number of fused-ring (bicyclic) bond motifs is 1. The first-order chi connectivity index (χ1) is 6.48. The molecule has 1 aromatic rings. The molecule has 1 aromatic carbocycles. The van der Waals surface area contributed by atoms with Crippen LogP contribution in [0.1, 0.15) is 11.1 Å². The van der Waals surface area contributed by atoms with Crippen LogP contribution in [0.3, 0.4) is 0 Å². The van der Waals surface area contributed by atoms with E-state index in [0.29, 0.717) is 5.56 Å². The summed E-state index contributed by atoms with van der Waals surface area (Å²) in [4.78, 5) is 0. The van der Waals surface area contributed by atoms with Gasteiger partial charge in [-0.1, -0.05) is 28.1 Å². The van der Waals surface area contributed by atoms with Gasteiger partial charge in [-0.05, 0) is 23.3 Å². The zero-order valence-corrected chi connectivity index (χ0v) is 8.61. The zero-order chi connectivity index (χ0) is 10.3. The van der Waals surface area contributed by atoms with Gasteiger partial charge in [0.15, 0.2) is 0 Å². The van der Waals surface area contributed by atoms with Gasteiger partial charge < -0.3 is 0 Å². The number of allylic oxidation sites excluding steroid dienone is 1. The Labute approximate surface area is 87.6 Å². The first kappa shape index (κ1) is 9.77. The first-order valence-electron chi connectivity index (χ1n) is 4.03. The van der Waals surface area contributed by atoms with Crippen LogP contribution in [0, 0.1) is 0 Å². The number of rotatable bonds is 0. The van der Waals surface area contributed by atoms with Gasteiger partial charge in [0.25, 0.3) is 0 Å². The Bertz CT molecular complexity index is 404. The number of hydrogen-bond acceptors (Lipinski definition) is 0. The number of benzene rings is 1. The summed E-state index contributed by atoms with van der Waals surface area (Å²) in [5.74, 6) is 0. The van der Waals surface area contributed by atoms with Crippen LogP contribution in [0.5, 0.6) is 0 Å². The van der Waals surface area contributed by atoms with Gasteiger partial charge >= 0.3 is 6.18 Å². The summed E-state index contributed by atoms with van der Waals surface area (Å²) in [7, 11) is 0. The van der Waals surface area contributed by atoms with Crippen molar-refractivity contribution >= 4 is 22.0 Å². The Morgan fingerprint density at radius 3 is 2.50 bits per heavy atom. The van der Waals surface area contributed by atoms with Gasteiger partial charge in [-0.25, -0.2) is 0 Å². The van der Waals surface area contributed by atoms with Crippen LogP contribution < -0.4 is 0 Å². The normalized spacial score (nSPS) is 15.3. The molecule has 4 heteroatoms. The van der Waals surface area contributed by atoms with Crippen LogP contribution in [0.25, 0.3) is 6.08 Å². The Kier molecular flexibility index (Phi) is 2.18. The molecule has 1 aliphatic carbocycles. The molecule has 0 saturated heterocycles. The second-order valence-electron chi connectivity index (χ2n) is 3.15. The molecule has 0 heterocycles. The van der Waals surface area contributed by atoms with Crippen LogP contribution in [-0.2, 0) is 6.42 Å². The minimum atomic E-state index is -4.21. The summed E-state index contributed by atoms with van der Waals surface area (Å²) in [5.41, 5.74) is 0.908. The minimum Gasteiger partial charge on any atom is -0.166 e. The van der Waals surface area contributed by atoms with E-state index < -0.39 is 11.7 Å². The third-order valence-corrected chi connectivity index (χ3v) is 2.96. The van der Waals surface area contributed by atoms with Gasteiger partial charge in [0.1, 0.15) is 0 Å². The van der Waals surface area contributed by atoms with Crippen LogP contribution >= 0.6 is 15.9 Å². The van der Waals surface area contributed by atoms with Crippen LogP contribution in [-0.4, -0.2) is 6.18 Å². The maximum Gasteiger partial charge on any atom is 0.413 e. The van der Waals surface area contributed by atoms with Gasteiger partial charge in [0, 0.05) is 16.5 Å². The van der Waals surface area contributed by atoms with Crippen molar-refractivity contribution in [1.29, 1.82) is 0 Å². The van der Waals surface area contributed by atoms with E-state index in [2.05, 4.69) is 15.9 Å². The SMILES string of the molecule is FC(F)(F)C1=Cc2cccc(Br)c2C1. The molecule has 0 spiro atoms. The lowest BCUT2D eigenvalue weighted by Crippen LogP contribution is -2.11. The highest BCUT2D eigenvalue weighted by molar-refractivity contribution is 9.10. The van der Waals surface area contributed by atoms with E-state index >= 15 is 0 Å². The van der Waals surface area contributed by atoms with E-state index in [-0.39, 0.29) is 6.42 Å². The number of alkyl halides is 3. The van der Waals surface area contributed by atoms with Crippen molar-refractivity contribution in [3.63, 3.8) is 0 Å². The van der Waals surface area contributed by atoms with E-state index in [9.17, 15) is 13.2 Å². The monoisotopic (exact) mass is 262 g/mol. The zero-order valence-electron chi connectivity index (χ0n) is 7.03. The van der Waals surface area contributed by atoms with Crippen LogP contribution in [0.15, 0.2) is 28.2 Å². The fraction of sp³-hybridized carbons (Fsp3) is 0.200. The van der Waals surface area contributed by atoms with Crippen molar-refractivity contribution in [2.24, 2.45) is 0 Å². The Hall–Kier alpha value is -0.770. The van der Waals surface area contributed by atoms with Gasteiger partial charge in [0.05, 0.1) is 0 Å². The van der Waals surface area contributed by atoms with Gasteiger partial charge in [-0.3, -0.25) is 0 Å². The minimum absolute atomic E-state index is 0.0275. The van der Waals surface area contributed by atoms with E-state index in [1.165, 1.54) is 6.08 Å². The molecule has 74 valence electrons. The molecule has 0 saturated carbocycles. The summed E-state index contributed by atoms with van der Waals surface area (Å²) in [6.45, 7) is 0. The molecule has 0 N–H and O–H groups in total. The topological polar surface area (TPSA) is 0 Å². The number of hydrogen-bond donors (Lipinski definition) is 0. The molecule has 1 aliphatic rings. The van der Waals surface area contributed by atoms with Crippen LogP contribution in [0.4, 0.5) is 13.2 Å². The average Bonchev–Trinajstić information content (AvgIpc) is 2.48. The first-order valence-corrected chi connectivity index (χ1v) is 4.83. The summed E-state index contributed by atoms with van der Waals surface area (Å²) in [6.07, 6.45) is -3.03. The smallest absolute Gasteiger partial charge is 0.166 e. The predicted molar refractivity (Wildman–Crippen MR) is 51.9 cm³/mol. The lowest BCUT2D eigenvalue weighted by molar-refractivity contribution is -0.0918. The Morgan fingerprint density at radius 2 is 1.93 bits per heavy atom. The molecule has 0 aliphatic heterocycles. The van der Waals surface area contributed by atoms with Gasteiger partial charge in [0.2, 0.25) is 0 Å². The second kappa shape index (κ2) is 3.12. The molecule has 0 nitrogen and oxygen atoms in total. The third kappa shape index (κ3) is 1.59. The molecule has 2 rings (SSSR count). The molecular formula is C10H6BrF3. The predicted octanol–water partition coefficient (Wildman–Crippen LogP) is 3.95. The van der Waals surface area contributed by atoms with Crippen molar-refractivity contribution in [1.82, 2.24) is 0 Å². The van der Waals surface area contributed by atoms with E-state index in [4.69, 9.17) is 0 Å². The maximum atomic E-state index is 12.4. The molecule has 0 radical (unpaired) electrons. The van der Waals surface area contributed by atoms with Crippen molar-refractivity contribution in [2.45, 2.75) is 12.6 Å². The third-order valence-electron chi connectivity index (χ3n) is 2.22. The molecule has 14 heavy (non-hydrogen) atoms. The number of halogens is 4. The second-order valence-corrected chi connectivity index (χ2v) is 4.01. The van der Waals surface area contributed by atoms with Gasteiger partial charge in [-0.15, -0.1) is 0 Å². The fourth-order valence-corrected chi connectivity index (χ4v) is 2.03. The summed E-state index contributed by atoms with van der Waals surface area (Å²) >= 11 is 3.24. The standard InChI is InChI=1S/C10H6BrF3/c11-9-3-1-2-6-4-7(5-8(6)9)10(12,13)14/h1-4H,5H2. The molecular weight excluding hydrogens is 257 g/mol. The Morgan fingerprint density at radius 1 is 1.21 bits per heavy atom. The quantitative estimate of drug-likeness (QED) is 0.664. The van der Waals surface area contributed by atoms with Crippen molar-refractivity contribution < 1.29 is 13.2 Å². The fourth-order valence-electron chi connectivity index (χ4n) is 1.51.